The van der Waals surface area contributed by atoms with E-state index in [0.29, 0.717) is 17.7 Å². The molecular formula is C13H11BrN2O3S. The summed E-state index contributed by atoms with van der Waals surface area (Å²) in [6.45, 7) is 2.15. The monoisotopic (exact) mass is 354 g/mol. The Kier molecular flexibility index (Phi) is 4.51. The van der Waals surface area contributed by atoms with Gasteiger partial charge >= 0.3 is 0 Å². The quantitative estimate of drug-likeness (QED) is 0.672. The van der Waals surface area contributed by atoms with E-state index in [1.807, 2.05) is 12.1 Å². The highest BCUT2D eigenvalue weighted by Gasteiger charge is 2.14. The van der Waals surface area contributed by atoms with Gasteiger partial charge in [-0.2, -0.15) is 0 Å². The molecule has 0 fully saturated rings. The molecule has 0 unspecified atom stereocenters. The first-order chi connectivity index (χ1) is 9.47. The number of halogens is 1. The Labute approximate surface area is 127 Å². The Bertz CT molecular complexity index is 669. The number of nitro groups is 1. The van der Waals surface area contributed by atoms with Crippen molar-refractivity contribution in [2.24, 2.45) is 0 Å². The lowest BCUT2D eigenvalue weighted by Crippen LogP contribution is -2.23. The van der Waals surface area contributed by atoms with Gasteiger partial charge in [0.05, 0.1) is 15.3 Å². The molecule has 0 spiro atoms. The van der Waals surface area contributed by atoms with Gasteiger partial charge in [0.2, 0.25) is 0 Å². The van der Waals surface area contributed by atoms with Gasteiger partial charge in [-0.3, -0.25) is 14.9 Å². The van der Waals surface area contributed by atoms with Crippen LogP contribution in [0, 0.1) is 17.0 Å². The maximum Gasteiger partial charge on any atom is 0.270 e. The minimum Gasteiger partial charge on any atom is -0.347 e. The normalized spacial score (nSPS) is 10.3. The van der Waals surface area contributed by atoms with Crippen LogP contribution in [0.15, 0.2) is 34.1 Å². The third kappa shape index (κ3) is 3.43. The molecule has 1 N–H and O–H groups in total. The van der Waals surface area contributed by atoms with Crippen molar-refractivity contribution in [3.63, 3.8) is 0 Å². The Morgan fingerprint density at radius 2 is 2.15 bits per heavy atom. The number of thiophene rings is 1. The molecule has 0 radical (unpaired) electrons. The molecule has 7 heteroatoms. The number of hydrogen-bond donors (Lipinski definition) is 1. The Hall–Kier alpha value is -1.73. The van der Waals surface area contributed by atoms with Crippen molar-refractivity contribution in [2.75, 3.05) is 0 Å². The van der Waals surface area contributed by atoms with Crippen LogP contribution in [0.4, 0.5) is 5.69 Å². The van der Waals surface area contributed by atoms with Crippen LogP contribution < -0.4 is 5.32 Å². The molecule has 1 amide bonds. The van der Waals surface area contributed by atoms with Crippen LogP contribution in [-0.2, 0) is 6.54 Å². The van der Waals surface area contributed by atoms with Gasteiger partial charge in [-0.15, -0.1) is 11.3 Å². The van der Waals surface area contributed by atoms with E-state index in [9.17, 15) is 14.9 Å². The standard InChI is InChI=1S/C13H11BrN2O3S/c1-8-2-3-9(16(18)19)6-11(8)13(17)15-7-10-4-5-12(14)20-10/h2-6H,7H2,1H3,(H,15,17). The summed E-state index contributed by atoms with van der Waals surface area (Å²) in [6.07, 6.45) is 0. The average Bonchev–Trinajstić information content (AvgIpc) is 2.82. The van der Waals surface area contributed by atoms with E-state index in [1.54, 1.807) is 13.0 Å². The van der Waals surface area contributed by atoms with Crippen molar-refractivity contribution in [2.45, 2.75) is 13.5 Å². The smallest absolute Gasteiger partial charge is 0.270 e. The number of amides is 1. The zero-order chi connectivity index (χ0) is 14.7. The Balaban J connectivity index is 2.12. The molecule has 20 heavy (non-hydrogen) atoms. The van der Waals surface area contributed by atoms with Crippen molar-refractivity contribution >= 4 is 38.9 Å². The molecule has 2 rings (SSSR count). The molecule has 0 atom stereocenters. The van der Waals surface area contributed by atoms with Gasteiger partial charge < -0.3 is 5.32 Å². The van der Waals surface area contributed by atoms with E-state index in [0.717, 1.165) is 8.66 Å². The molecular weight excluding hydrogens is 344 g/mol. The van der Waals surface area contributed by atoms with Gasteiger partial charge in [-0.05, 0) is 40.5 Å². The number of carbonyl (C=O) groups excluding carboxylic acids is 1. The van der Waals surface area contributed by atoms with E-state index in [-0.39, 0.29) is 11.6 Å². The highest BCUT2D eigenvalue weighted by atomic mass is 79.9. The lowest BCUT2D eigenvalue weighted by molar-refractivity contribution is -0.384. The molecule has 1 heterocycles. The van der Waals surface area contributed by atoms with E-state index in [1.165, 1.54) is 23.5 Å². The van der Waals surface area contributed by atoms with Crippen LogP contribution in [0.25, 0.3) is 0 Å². The summed E-state index contributed by atoms with van der Waals surface area (Å²) >= 11 is 4.88. The fourth-order valence-corrected chi connectivity index (χ4v) is 3.10. The van der Waals surface area contributed by atoms with E-state index in [2.05, 4.69) is 21.2 Å². The zero-order valence-corrected chi connectivity index (χ0v) is 13.0. The van der Waals surface area contributed by atoms with Crippen LogP contribution in [-0.4, -0.2) is 10.8 Å². The molecule has 1 aromatic heterocycles. The van der Waals surface area contributed by atoms with Gasteiger partial charge in [0.15, 0.2) is 0 Å². The maximum atomic E-state index is 12.1. The van der Waals surface area contributed by atoms with Crippen LogP contribution >= 0.6 is 27.3 Å². The molecule has 1 aromatic carbocycles. The van der Waals surface area contributed by atoms with Crippen molar-refractivity contribution in [3.05, 3.63) is 60.2 Å². The summed E-state index contributed by atoms with van der Waals surface area (Å²) in [4.78, 5) is 23.3. The first-order valence-electron chi connectivity index (χ1n) is 5.75. The molecule has 0 saturated carbocycles. The van der Waals surface area contributed by atoms with Gasteiger partial charge in [0.25, 0.3) is 11.6 Å². The van der Waals surface area contributed by atoms with Crippen molar-refractivity contribution in [1.82, 2.24) is 5.32 Å². The predicted octanol–water partition coefficient (Wildman–Crippen LogP) is 3.66. The van der Waals surface area contributed by atoms with Crippen LogP contribution in [0.5, 0.6) is 0 Å². The highest BCUT2D eigenvalue weighted by molar-refractivity contribution is 9.11. The largest absolute Gasteiger partial charge is 0.347 e. The lowest BCUT2D eigenvalue weighted by Gasteiger charge is -2.06. The lowest BCUT2D eigenvalue weighted by atomic mass is 10.1. The number of aryl methyl sites for hydroxylation is 1. The number of nitrogens with one attached hydrogen (secondary N) is 1. The second kappa shape index (κ2) is 6.15. The van der Waals surface area contributed by atoms with Crippen molar-refractivity contribution in [1.29, 1.82) is 0 Å². The molecule has 0 aliphatic rings. The highest BCUT2D eigenvalue weighted by Crippen LogP contribution is 2.22. The summed E-state index contributed by atoms with van der Waals surface area (Å²) in [5.74, 6) is -0.310. The number of benzene rings is 1. The minimum atomic E-state index is -0.507. The van der Waals surface area contributed by atoms with Gasteiger partial charge in [0.1, 0.15) is 0 Å². The number of non-ortho nitro benzene ring substituents is 1. The zero-order valence-electron chi connectivity index (χ0n) is 10.6. The Morgan fingerprint density at radius 1 is 1.40 bits per heavy atom. The molecule has 0 aliphatic heterocycles. The van der Waals surface area contributed by atoms with Crippen molar-refractivity contribution in [3.8, 4) is 0 Å². The van der Waals surface area contributed by atoms with E-state index in [4.69, 9.17) is 0 Å². The third-order valence-corrected chi connectivity index (χ3v) is 4.35. The molecule has 0 aliphatic carbocycles. The summed E-state index contributed by atoms with van der Waals surface area (Å²) in [5.41, 5.74) is 0.954. The third-order valence-electron chi connectivity index (χ3n) is 2.73. The van der Waals surface area contributed by atoms with Crippen molar-refractivity contribution < 1.29 is 9.72 Å². The van der Waals surface area contributed by atoms with Gasteiger partial charge in [-0.1, -0.05) is 6.07 Å². The predicted molar refractivity (Wildman–Crippen MR) is 81.0 cm³/mol. The molecule has 104 valence electrons. The number of carbonyl (C=O) groups is 1. The molecule has 2 aromatic rings. The summed E-state index contributed by atoms with van der Waals surface area (Å²) in [7, 11) is 0. The number of hydrogen-bond acceptors (Lipinski definition) is 4. The summed E-state index contributed by atoms with van der Waals surface area (Å²) in [5, 5.41) is 13.5. The number of nitrogens with zero attached hydrogens (tertiary/aromatic N) is 1. The number of nitro benzene ring substituents is 1. The minimum absolute atomic E-state index is 0.0837. The van der Waals surface area contributed by atoms with E-state index >= 15 is 0 Å². The fourth-order valence-electron chi connectivity index (χ4n) is 1.68. The first kappa shape index (κ1) is 14.7. The van der Waals surface area contributed by atoms with Crippen LogP contribution in [0.1, 0.15) is 20.8 Å². The molecule has 0 saturated heterocycles. The average molecular weight is 355 g/mol. The van der Waals surface area contributed by atoms with Gasteiger partial charge in [-0.25, -0.2) is 0 Å². The molecule has 0 bridgehead atoms. The van der Waals surface area contributed by atoms with Crippen LogP contribution in [0.2, 0.25) is 0 Å². The number of rotatable bonds is 4. The second-order valence-corrected chi connectivity index (χ2v) is 6.69. The first-order valence-corrected chi connectivity index (χ1v) is 7.36. The topological polar surface area (TPSA) is 72.2 Å². The maximum absolute atomic E-state index is 12.1. The van der Waals surface area contributed by atoms with E-state index < -0.39 is 4.92 Å². The summed E-state index contributed by atoms with van der Waals surface area (Å²) < 4.78 is 0.994. The molecule has 5 nitrogen and oxygen atoms in total. The van der Waals surface area contributed by atoms with Gasteiger partial charge in [0, 0.05) is 22.6 Å². The Morgan fingerprint density at radius 3 is 2.75 bits per heavy atom. The van der Waals surface area contributed by atoms with Crippen LogP contribution in [0.3, 0.4) is 0 Å². The summed E-state index contributed by atoms with van der Waals surface area (Å²) in [6, 6.07) is 8.09. The second-order valence-electron chi connectivity index (χ2n) is 4.14. The SMILES string of the molecule is Cc1ccc([N+](=O)[O-])cc1C(=O)NCc1ccc(Br)s1. The fraction of sp³-hybridized carbons (Fsp3) is 0.154.